The van der Waals surface area contributed by atoms with Gasteiger partial charge in [-0.2, -0.15) is 0 Å². The normalized spacial score (nSPS) is 29.2. The van der Waals surface area contributed by atoms with Crippen LogP contribution in [0.15, 0.2) is 24.3 Å². The predicted molar refractivity (Wildman–Crippen MR) is 77.4 cm³/mol. The lowest BCUT2D eigenvalue weighted by atomic mass is 10.0. The zero-order valence-corrected chi connectivity index (χ0v) is 12.3. The highest BCUT2D eigenvalue weighted by molar-refractivity contribution is 6.30. The Morgan fingerprint density at radius 3 is 2.63 bits per heavy atom. The number of halogens is 1. The third-order valence-corrected chi connectivity index (χ3v) is 3.68. The summed E-state index contributed by atoms with van der Waals surface area (Å²) in [5, 5.41) is 0.716. The Labute approximate surface area is 120 Å². The Morgan fingerprint density at radius 1 is 1.37 bits per heavy atom. The number of hydrogen-bond acceptors (Lipinski definition) is 3. The van der Waals surface area contributed by atoms with Gasteiger partial charge in [0.05, 0.1) is 24.4 Å². The zero-order valence-electron chi connectivity index (χ0n) is 11.5. The van der Waals surface area contributed by atoms with Gasteiger partial charge in [-0.15, -0.1) is 0 Å². The van der Waals surface area contributed by atoms with Crippen LogP contribution in [0.1, 0.15) is 38.4 Å². The third kappa shape index (κ3) is 4.18. The second kappa shape index (κ2) is 6.71. The van der Waals surface area contributed by atoms with Crippen molar-refractivity contribution < 1.29 is 9.47 Å². The summed E-state index contributed by atoms with van der Waals surface area (Å²) in [6.45, 7) is 4.63. The second-order valence-corrected chi connectivity index (χ2v) is 5.70. The van der Waals surface area contributed by atoms with E-state index in [1.807, 2.05) is 24.3 Å². The molecule has 0 saturated carbocycles. The molecular formula is C15H22ClNO2. The van der Waals surface area contributed by atoms with Gasteiger partial charge in [-0.25, -0.2) is 0 Å². The van der Waals surface area contributed by atoms with Crippen LogP contribution in [0, 0.1) is 0 Å². The number of nitrogens with two attached hydrogens (primary N) is 1. The van der Waals surface area contributed by atoms with Crippen molar-refractivity contribution in [1.82, 2.24) is 0 Å². The van der Waals surface area contributed by atoms with Gasteiger partial charge in [0.2, 0.25) is 0 Å². The molecule has 4 heteroatoms. The first kappa shape index (κ1) is 14.8. The summed E-state index contributed by atoms with van der Waals surface area (Å²) in [6.07, 6.45) is 2.42. The van der Waals surface area contributed by atoms with Gasteiger partial charge in [0.15, 0.2) is 0 Å². The van der Waals surface area contributed by atoms with E-state index in [-0.39, 0.29) is 24.4 Å². The molecule has 1 aliphatic heterocycles. The molecule has 1 saturated heterocycles. The van der Waals surface area contributed by atoms with E-state index in [9.17, 15) is 0 Å². The summed E-state index contributed by atoms with van der Waals surface area (Å²) in [5.41, 5.74) is 6.89. The number of benzene rings is 1. The molecule has 0 radical (unpaired) electrons. The highest BCUT2D eigenvalue weighted by atomic mass is 35.5. The van der Waals surface area contributed by atoms with Gasteiger partial charge in [-0.05, 0) is 44.4 Å². The molecule has 0 aromatic heterocycles. The van der Waals surface area contributed by atoms with Crippen LogP contribution >= 0.6 is 11.6 Å². The standard InChI is InChI=1S/C15H22ClNO2/c1-10-6-14(7-11(2)18-10)19-15(9-17)12-4-3-5-13(16)8-12/h3-5,8,10-11,14-15H,6-7,9,17H2,1-2H3. The molecule has 2 N–H and O–H groups in total. The monoisotopic (exact) mass is 283 g/mol. The minimum atomic E-state index is -0.0961. The molecule has 0 bridgehead atoms. The fourth-order valence-electron chi connectivity index (χ4n) is 2.66. The molecule has 1 aromatic carbocycles. The summed E-state index contributed by atoms with van der Waals surface area (Å²) >= 11 is 6.02. The van der Waals surface area contributed by atoms with Crippen LogP contribution < -0.4 is 5.73 Å². The topological polar surface area (TPSA) is 44.5 Å². The summed E-state index contributed by atoms with van der Waals surface area (Å²) in [4.78, 5) is 0. The Bertz CT molecular complexity index is 403. The molecule has 3 unspecified atom stereocenters. The van der Waals surface area contributed by atoms with Crippen LogP contribution in [0.5, 0.6) is 0 Å². The third-order valence-electron chi connectivity index (χ3n) is 3.45. The molecule has 2 rings (SSSR count). The molecule has 1 aromatic rings. The van der Waals surface area contributed by atoms with Gasteiger partial charge in [0, 0.05) is 11.6 Å². The van der Waals surface area contributed by atoms with Crippen molar-refractivity contribution in [2.75, 3.05) is 6.54 Å². The average Bonchev–Trinajstić information content (AvgIpc) is 2.34. The van der Waals surface area contributed by atoms with Crippen LogP contribution in [0.2, 0.25) is 5.02 Å². The number of hydrogen-bond donors (Lipinski definition) is 1. The Balaban J connectivity index is 2.02. The fraction of sp³-hybridized carbons (Fsp3) is 0.600. The quantitative estimate of drug-likeness (QED) is 0.922. The maximum absolute atomic E-state index is 6.16. The average molecular weight is 284 g/mol. The van der Waals surface area contributed by atoms with Gasteiger partial charge in [0.25, 0.3) is 0 Å². The van der Waals surface area contributed by atoms with Crippen molar-refractivity contribution in [2.45, 2.75) is 51.1 Å². The first-order chi connectivity index (χ1) is 9.08. The summed E-state index contributed by atoms with van der Waals surface area (Å²) in [5.74, 6) is 0. The van der Waals surface area contributed by atoms with Crippen molar-refractivity contribution in [2.24, 2.45) is 5.73 Å². The van der Waals surface area contributed by atoms with Crippen LogP contribution in [-0.2, 0) is 9.47 Å². The van der Waals surface area contributed by atoms with E-state index >= 15 is 0 Å². The van der Waals surface area contributed by atoms with Crippen molar-refractivity contribution >= 4 is 11.6 Å². The van der Waals surface area contributed by atoms with Crippen molar-refractivity contribution in [3.8, 4) is 0 Å². The number of rotatable bonds is 4. The van der Waals surface area contributed by atoms with Crippen molar-refractivity contribution in [3.05, 3.63) is 34.9 Å². The molecule has 1 fully saturated rings. The maximum atomic E-state index is 6.16. The highest BCUT2D eigenvalue weighted by Gasteiger charge is 2.27. The largest absolute Gasteiger partial charge is 0.375 e. The molecule has 3 atom stereocenters. The smallest absolute Gasteiger partial charge is 0.0951 e. The van der Waals surface area contributed by atoms with Crippen molar-refractivity contribution in [3.63, 3.8) is 0 Å². The lowest BCUT2D eigenvalue weighted by molar-refractivity contribution is -0.120. The van der Waals surface area contributed by atoms with Crippen molar-refractivity contribution in [1.29, 1.82) is 0 Å². The van der Waals surface area contributed by atoms with Gasteiger partial charge < -0.3 is 15.2 Å². The van der Waals surface area contributed by atoms with Crippen LogP contribution in [0.3, 0.4) is 0 Å². The molecule has 0 spiro atoms. The SMILES string of the molecule is CC1CC(OC(CN)c2cccc(Cl)c2)CC(C)O1. The molecule has 106 valence electrons. The highest BCUT2D eigenvalue weighted by Crippen LogP contribution is 2.28. The lowest BCUT2D eigenvalue weighted by Crippen LogP contribution is -2.35. The van der Waals surface area contributed by atoms with E-state index < -0.39 is 0 Å². The maximum Gasteiger partial charge on any atom is 0.0951 e. The minimum Gasteiger partial charge on any atom is -0.375 e. The fourth-order valence-corrected chi connectivity index (χ4v) is 2.86. The second-order valence-electron chi connectivity index (χ2n) is 5.27. The Hall–Kier alpha value is -0.610. The predicted octanol–water partition coefficient (Wildman–Crippen LogP) is 3.31. The molecule has 0 aliphatic carbocycles. The summed E-state index contributed by atoms with van der Waals surface area (Å²) < 4.78 is 11.9. The van der Waals surface area contributed by atoms with E-state index in [2.05, 4.69) is 13.8 Å². The summed E-state index contributed by atoms with van der Waals surface area (Å²) in [7, 11) is 0. The van der Waals surface area contributed by atoms with E-state index in [0.29, 0.717) is 11.6 Å². The van der Waals surface area contributed by atoms with Crippen LogP contribution in [0.4, 0.5) is 0 Å². The van der Waals surface area contributed by atoms with E-state index in [4.69, 9.17) is 26.8 Å². The first-order valence-electron chi connectivity index (χ1n) is 6.85. The Morgan fingerprint density at radius 2 is 2.05 bits per heavy atom. The zero-order chi connectivity index (χ0) is 13.8. The molecular weight excluding hydrogens is 262 g/mol. The number of ether oxygens (including phenoxy) is 2. The van der Waals surface area contributed by atoms with Gasteiger partial charge in [0.1, 0.15) is 0 Å². The van der Waals surface area contributed by atoms with Crippen LogP contribution in [-0.4, -0.2) is 24.9 Å². The van der Waals surface area contributed by atoms with E-state index in [1.165, 1.54) is 0 Å². The first-order valence-corrected chi connectivity index (χ1v) is 7.22. The molecule has 0 amide bonds. The summed E-state index contributed by atoms with van der Waals surface area (Å²) in [6, 6.07) is 7.72. The van der Waals surface area contributed by atoms with Gasteiger partial charge in [-0.3, -0.25) is 0 Å². The van der Waals surface area contributed by atoms with Gasteiger partial charge >= 0.3 is 0 Å². The molecule has 1 heterocycles. The lowest BCUT2D eigenvalue weighted by Gasteiger charge is -2.34. The minimum absolute atomic E-state index is 0.0961. The molecule has 3 nitrogen and oxygen atoms in total. The molecule has 19 heavy (non-hydrogen) atoms. The van der Waals surface area contributed by atoms with Gasteiger partial charge in [-0.1, -0.05) is 23.7 Å². The van der Waals surface area contributed by atoms with E-state index in [0.717, 1.165) is 18.4 Å². The van der Waals surface area contributed by atoms with E-state index in [1.54, 1.807) is 0 Å². The molecule has 1 aliphatic rings. The van der Waals surface area contributed by atoms with Crippen LogP contribution in [0.25, 0.3) is 0 Å². The Kier molecular flexibility index (Phi) is 5.22.